The Bertz CT molecular complexity index is 517. The Morgan fingerprint density at radius 3 is 2.20 bits per heavy atom. The fourth-order valence-electron chi connectivity index (χ4n) is 2.85. The summed E-state index contributed by atoms with van der Waals surface area (Å²) >= 11 is 0. The normalized spacial score (nSPS) is 20.6. The van der Waals surface area contributed by atoms with E-state index in [1.165, 1.54) is 12.1 Å². The van der Waals surface area contributed by atoms with E-state index in [0.717, 1.165) is 24.8 Å². The van der Waals surface area contributed by atoms with Gasteiger partial charge >= 0.3 is 0 Å². The van der Waals surface area contributed by atoms with Crippen molar-refractivity contribution in [2.45, 2.75) is 18.3 Å². The SMILES string of the molecule is O=CN1CCN(C(=O)C2(c3ccc(F)cc3)CC2)CC1. The second-order valence-electron chi connectivity index (χ2n) is 5.52. The van der Waals surface area contributed by atoms with E-state index in [1.807, 2.05) is 4.90 Å². The van der Waals surface area contributed by atoms with Crippen molar-refractivity contribution < 1.29 is 14.0 Å². The van der Waals surface area contributed by atoms with Crippen LogP contribution in [-0.2, 0) is 15.0 Å². The van der Waals surface area contributed by atoms with Crippen LogP contribution in [0.2, 0.25) is 0 Å². The molecule has 106 valence electrons. The van der Waals surface area contributed by atoms with E-state index in [0.29, 0.717) is 26.2 Å². The molecule has 0 N–H and O–H groups in total. The minimum atomic E-state index is -0.447. The molecule has 0 bridgehead atoms. The standard InChI is InChI=1S/C15H17FN2O2/c16-13-3-1-12(2-4-13)15(5-6-15)14(20)18-9-7-17(11-19)8-10-18/h1-4,11H,5-10H2. The van der Waals surface area contributed by atoms with Crippen LogP contribution in [0, 0.1) is 5.82 Å². The Kier molecular flexibility index (Phi) is 3.20. The molecular weight excluding hydrogens is 259 g/mol. The lowest BCUT2D eigenvalue weighted by Gasteiger charge is -2.35. The number of rotatable bonds is 3. The first kappa shape index (κ1) is 13.1. The second kappa shape index (κ2) is 4.89. The van der Waals surface area contributed by atoms with E-state index in [9.17, 15) is 14.0 Å². The van der Waals surface area contributed by atoms with Crippen molar-refractivity contribution in [2.75, 3.05) is 26.2 Å². The Labute approximate surface area is 117 Å². The molecular formula is C15H17FN2O2. The molecule has 1 aliphatic carbocycles. The molecule has 1 saturated carbocycles. The number of amides is 2. The van der Waals surface area contributed by atoms with Crippen LogP contribution in [0.5, 0.6) is 0 Å². The fourth-order valence-corrected chi connectivity index (χ4v) is 2.85. The van der Waals surface area contributed by atoms with Crippen LogP contribution in [0.4, 0.5) is 4.39 Å². The largest absolute Gasteiger partial charge is 0.342 e. The van der Waals surface area contributed by atoms with Gasteiger partial charge < -0.3 is 9.80 Å². The van der Waals surface area contributed by atoms with Crippen LogP contribution in [-0.4, -0.2) is 48.3 Å². The molecule has 0 atom stereocenters. The van der Waals surface area contributed by atoms with Crippen LogP contribution >= 0.6 is 0 Å². The van der Waals surface area contributed by atoms with Gasteiger partial charge in [-0.05, 0) is 30.5 Å². The first-order valence-electron chi connectivity index (χ1n) is 6.90. The number of hydrogen-bond donors (Lipinski definition) is 0. The summed E-state index contributed by atoms with van der Waals surface area (Å²) in [6, 6.07) is 6.24. The summed E-state index contributed by atoms with van der Waals surface area (Å²) < 4.78 is 13.0. The second-order valence-corrected chi connectivity index (χ2v) is 5.52. The third-order valence-corrected chi connectivity index (χ3v) is 4.31. The first-order valence-corrected chi connectivity index (χ1v) is 6.90. The Morgan fingerprint density at radius 2 is 1.70 bits per heavy atom. The van der Waals surface area contributed by atoms with Gasteiger partial charge in [0.1, 0.15) is 5.82 Å². The van der Waals surface area contributed by atoms with Gasteiger partial charge in [-0.25, -0.2) is 4.39 Å². The molecule has 5 heteroatoms. The molecule has 1 aromatic rings. The highest BCUT2D eigenvalue weighted by Gasteiger charge is 2.53. The van der Waals surface area contributed by atoms with Gasteiger partial charge in [0.15, 0.2) is 0 Å². The molecule has 4 nitrogen and oxygen atoms in total. The minimum absolute atomic E-state index is 0.120. The summed E-state index contributed by atoms with van der Waals surface area (Å²) in [5.41, 5.74) is 0.457. The van der Waals surface area contributed by atoms with Crippen molar-refractivity contribution >= 4 is 12.3 Å². The summed E-state index contributed by atoms with van der Waals surface area (Å²) in [5, 5.41) is 0. The molecule has 1 heterocycles. The molecule has 0 unspecified atom stereocenters. The van der Waals surface area contributed by atoms with Gasteiger partial charge in [0, 0.05) is 26.2 Å². The monoisotopic (exact) mass is 276 g/mol. The van der Waals surface area contributed by atoms with Crippen molar-refractivity contribution in [3.05, 3.63) is 35.6 Å². The first-order chi connectivity index (χ1) is 9.65. The van der Waals surface area contributed by atoms with Gasteiger partial charge in [-0.1, -0.05) is 12.1 Å². The van der Waals surface area contributed by atoms with Crippen molar-refractivity contribution in [1.29, 1.82) is 0 Å². The van der Waals surface area contributed by atoms with Gasteiger partial charge in [-0.3, -0.25) is 9.59 Å². The number of piperazine rings is 1. The van der Waals surface area contributed by atoms with Crippen LogP contribution in [0.25, 0.3) is 0 Å². The molecule has 2 fully saturated rings. The van der Waals surface area contributed by atoms with Gasteiger partial charge in [0.25, 0.3) is 0 Å². The zero-order valence-electron chi connectivity index (χ0n) is 11.2. The highest BCUT2D eigenvalue weighted by Crippen LogP contribution is 2.49. The van der Waals surface area contributed by atoms with Crippen LogP contribution < -0.4 is 0 Å². The van der Waals surface area contributed by atoms with Crippen molar-refractivity contribution in [3.8, 4) is 0 Å². The topological polar surface area (TPSA) is 40.6 Å². The molecule has 2 amide bonds. The van der Waals surface area contributed by atoms with E-state index < -0.39 is 5.41 Å². The maximum atomic E-state index is 13.0. The Hall–Kier alpha value is -1.91. The van der Waals surface area contributed by atoms with Gasteiger partial charge in [0.2, 0.25) is 12.3 Å². The zero-order valence-corrected chi connectivity index (χ0v) is 11.2. The van der Waals surface area contributed by atoms with E-state index >= 15 is 0 Å². The summed E-state index contributed by atoms with van der Waals surface area (Å²) in [6.07, 6.45) is 2.48. The van der Waals surface area contributed by atoms with E-state index in [4.69, 9.17) is 0 Å². The third kappa shape index (κ3) is 2.17. The third-order valence-electron chi connectivity index (χ3n) is 4.31. The number of hydrogen-bond acceptors (Lipinski definition) is 2. The van der Waals surface area contributed by atoms with Crippen LogP contribution in [0.3, 0.4) is 0 Å². The van der Waals surface area contributed by atoms with Crippen molar-refractivity contribution in [1.82, 2.24) is 9.80 Å². The smallest absolute Gasteiger partial charge is 0.233 e. The number of carbonyl (C=O) groups is 2. The average molecular weight is 276 g/mol. The predicted octanol–water partition coefficient (Wildman–Crippen LogP) is 1.16. The lowest BCUT2D eigenvalue weighted by molar-refractivity contribution is -0.137. The summed E-state index contributed by atoms with van der Waals surface area (Å²) in [4.78, 5) is 26.9. The minimum Gasteiger partial charge on any atom is -0.342 e. The summed E-state index contributed by atoms with van der Waals surface area (Å²) in [6.45, 7) is 2.35. The quantitative estimate of drug-likeness (QED) is 0.777. The lowest BCUT2D eigenvalue weighted by Crippen LogP contribution is -2.51. The zero-order chi connectivity index (χ0) is 14.2. The molecule has 3 rings (SSSR count). The number of carbonyl (C=O) groups excluding carboxylic acids is 2. The summed E-state index contributed by atoms with van der Waals surface area (Å²) in [5.74, 6) is -0.161. The van der Waals surface area contributed by atoms with E-state index in [2.05, 4.69) is 0 Å². The predicted molar refractivity (Wildman–Crippen MR) is 71.5 cm³/mol. The Morgan fingerprint density at radius 1 is 1.10 bits per heavy atom. The van der Waals surface area contributed by atoms with Crippen molar-refractivity contribution in [3.63, 3.8) is 0 Å². The van der Waals surface area contributed by atoms with Gasteiger partial charge in [-0.15, -0.1) is 0 Å². The molecule has 1 saturated heterocycles. The summed E-state index contributed by atoms with van der Waals surface area (Å²) in [7, 11) is 0. The van der Waals surface area contributed by atoms with E-state index in [-0.39, 0.29) is 11.7 Å². The number of nitrogens with zero attached hydrogens (tertiary/aromatic N) is 2. The Balaban J connectivity index is 1.74. The van der Waals surface area contributed by atoms with Gasteiger partial charge in [0.05, 0.1) is 5.41 Å². The van der Waals surface area contributed by atoms with Crippen LogP contribution in [0.15, 0.2) is 24.3 Å². The molecule has 1 aliphatic heterocycles. The van der Waals surface area contributed by atoms with Gasteiger partial charge in [-0.2, -0.15) is 0 Å². The molecule has 0 spiro atoms. The number of benzene rings is 1. The molecule has 0 radical (unpaired) electrons. The molecule has 0 aromatic heterocycles. The number of halogens is 1. The fraction of sp³-hybridized carbons (Fsp3) is 0.467. The highest BCUT2D eigenvalue weighted by molar-refractivity contribution is 5.91. The molecule has 2 aliphatic rings. The maximum Gasteiger partial charge on any atom is 0.233 e. The highest BCUT2D eigenvalue weighted by atomic mass is 19.1. The lowest BCUT2D eigenvalue weighted by atomic mass is 9.94. The molecule has 1 aromatic carbocycles. The average Bonchev–Trinajstić information content (AvgIpc) is 3.29. The van der Waals surface area contributed by atoms with Crippen molar-refractivity contribution in [2.24, 2.45) is 0 Å². The maximum absolute atomic E-state index is 13.0. The molecule has 20 heavy (non-hydrogen) atoms. The van der Waals surface area contributed by atoms with E-state index in [1.54, 1.807) is 17.0 Å². The van der Waals surface area contributed by atoms with Crippen LogP contribution in [0.1, 0.15) is 18.4 Å².